The number of hydrogen-bond donors (Lipinski definition) is 2. The topological polar surface area (TPSA) is 76.0 Å². The number of amides is 2. The van der Waals surface area contributed by atoms with Gasteiger partial charge in [-0.3, -0.25) is 14.3 Å². The zero-order valence-electron chi connectivity index (χ0n) is 16.7. The summed E-state index contributed by atoms with van der Waals surface area (Å²) in [5.41, 5.74) is 3.30. The number of carbonyl (C=O) groups excluding carboxylic acids is 2. The van der Waals surface area contributed by atoms with E-state index >= 15 is 0 Å². The number of carbonyl (C=O) groups is 2. The second-order valence-corrected chi connectivity index (χ2v) is 7.34. The van der Waals surface area contributed by atoms with Crippen LogP contribution in [0.4, 0.5) is 11.5 Å². The maximum atomic E-state index is 12.5. The van der Waals surface area contributed by atoms with Gasteiger partial charge in [0.25, 0.3) is 11.8 Å². The van der Waals surface area contributed by atoms with E-state index in [2.05, 4.69) is 15.7 Å². The maximum Gasteiger partial charge on any atom is 0.256 e. The smallest absolute Gasteiger partial charge is 0.256 e. The van der Waals surface area contributed by atoms with Gasteiger partial charge in [-0.2, -0.15) is 5.10 Å². The van der Waals surface area contributed by atoms with Gasteiger partial charge in [-0.1, -0.05) is 48.0 Å². The highest BCUT2D eigenvalue weighted by atomic mass is 35.5. The molecule has 154 valence electrons. The molecule has 0 saturated heterocycles. The van der Waals surface area contributed by atoms with Crippen LogP contribution in [0.15, 0.2) is 84.9 Å². The number of nitrogens with zero attached hydrogens (tertiary/aromatic N) is 2. The van der Waals surface area contributed by atoms with Crippen LogP contribution < -0.4 is 10.6 Å². The number of halogens is 1. The van der Waals surface area contributed by atoms with E-state index in [0.717, 1.165) is 5.56 Å². The molecule has 0 atom stereocenters. The van der Waals surface area contributed by atoms with Gasteiger partial charge < -0.3 is 10.6 Å². The number of aromatic nitrogens is 2. The Balaban J connectivity index is 1.46. The van der Waals surface area contributed by atoms with Crippen molar-refractivity contribution in [2.75, 3.05) is 10.6 Å². The van der Waals surface area contributed by atoms with Crippen LogP contribution in [0.5, 0.6) is 0 Å². The van der Waals surface area contributed by atoms with Crippen LogP contribution in [-0.2, 0) is 7.05 Å². The Morgan fingerprint density at radius 3 is 2.19 bits per heavy atom. The van der Waals surface area contributed by atoms with E-state index in [0.29, 0.717) is 33.3 Å². The molecule has 7 heteroatoms. The zero-order chi connectivity index (χ0) is 21.8. The molecule has 0 aliphatic carbocycles. The first-order valence-electron chi connectivity index (χ1n) is 9.57. The Bertz CT molecular complexity index is 1230. The predicted molar refractivity (Wildman–Crippen MR) is 122 cm³/mol. The summed E-state index contributed by atoms with van der Waals surface area (Å²) in [6, 6.07) is 24.9. The van der Waals surface area contributed by atoms with Gasteiger partial charge in [0.1, 0.15) is 5.82 Å². The molecular formula is C24H19ClN4O2. The molecule has 31 heavy (non-hydrogen) atoms. The Morgan fingerprint density at radius 1 is 0.806 bits per heavy atom. The summed E-state index contributed by atoms with van der Waals surface area (Å²) in [5.74, 6) is 0.120. The number of benzene rings is 3. The Labute approximate surface area is 184 Å². The minimum Gasteiger partial charge on any atom is -0.322 e. The summed E-state index contributed by atoms with van der Waals surface area (Å²) in [6.45, 7) is 0. The molecule has 0 saturated carbocycles. The average Bonchev–Trinajstić information content (AvgIpc) is 3.15. The van der Waals surface area contributed by atoms with Gasteiger partial charge in [0.15, 0.2) is 0 Å². The fourth-order valence-electron chi connectivity index (χ4n) is 3.06. The lowest BCUT2D eigenvalue weighted by Gasteiger charge is -2.06. The number of rotatable bonds is 5. The monoisotopic (exact) mass is 430 g/mol. The number of nitrogens with one attached hydrogen (secondary N) is 2. The molecule has 1 heterocycles. The van der Waals surface area contributed by atoms with Crippen LogP contribution >= 0.6 is 11.6 Å². The van der Waals surface area contributed by atoms with Gasteiger partial charge in [-0.25, -0.2) is 0 Å². The Morgan fingerprint density at radius 2 is 1.48 bits per heavy atom. The molecule has 0 spiro atoms. The van der Waals surface area contributed by atoms with Crippen molar-refractivity contribution in [2.45, 2.75) is 0 Å². The van der Waals surface area contributed by atoms with E-state index in [1.165, 1.54) is 0 Å². The van der Waals surface area contributed by atoms with Gasteiger partial charge in [0, 0.05) is 40.5 Å². The first kappa shape index (κ1) is 20.4. The summed E-state index contributed by atoms with van der Waals surface area (Å²) >= 11 is 5.96. The molecule has 4 aromatic rings. The molecule has 0 fully saturated rings. The number of hydrogen-bond acceptors (Lipinski definition) is 3. The molecule has 0 aliphatic rings. The minimum atomic E-state index is -0.268. The number of aryl methyl sites for hydroxylation is 1. The second kappa shape index (κ2) is 8.85. The van der Waals surface area contributed by atoms with Gasteiger partial charge in [-0.15, -0.1) is 0 Å². The van der Waals surface area contributed by atoms with Crippen molar-refractivity contribution in [2.24, 2.45) is 7.05 Å². The fourth-order valence-corrected chi connectivity index (χ4v) is 3.25. The first-order valence-corrected chi connectivity index (χ1v) is 9.95. The van der Waals surface area contributed by atoms with E-state index in [1.807, 2.05) is 42.5 Å². The number of anilines is 2. The average molecular weight is 431 g/mol. The summed E-state index contributed by atoms with van der Waals surface area (Å²) in [4.78, 5) is 24.8. The lowest BCUT2D eigenvalue weighted by molar-refractivity contribution is 0.101. The molecule has 0 aliphatic heterocycles. The Kier molecular flexibility index (Phi) is 5.82. The van der Waals surface area contributed by atoms with Crippen molar-refractivity contribution in [1.29, 1.82) is 0 Å². The third-order valence-corrected chi connectivity index (χ3v) is 4.92. The normalized spacial score (nSPS) is 10.5. The van der Waals surface area contributed by atoms with Crippen LogP contribution in [0.3, 0.4) is 0 Å². The van der Waals surface area contributed by atoms with E-state index in [9.17, 15) is 9.59 Å². The van der Waals surface area contributed by atoms with Crippen LogP contribution in [0.1, 0.15) is 20.7 Å². The van der Waals surface area contributed by atoms with Gasteiger partial charge in [-0.05, 0) is 42.5 Å². The Hall–Kier alpha value is -3.90. The maximum absolute atomic E-state index is 12.5. The third kappa shape index (κ3) is 4.82. The van der Waals surface area contributed by atoms with Crippen LogP contribution in [-0.4, -0.2) is 21.6 Å². The van der Waals surface area contributed by atoms with E-state index in [-0.39, 0.29) is 11.8 Å². The zero-order valence-corrected chi connectivity index (χ0v) is 17.4. The van der Waals surface area contributed by atoms with E-state index in [1.54, 1.807) is 54.2 Å². The second-order valence-electron chi connectivity index (χ2n) is 6.90. The quantitative estimate of drug-likeness (QED) is 0.454. The van der Waals surface area contributed by atoms with E-state index < -0.39 is 0 Å². The van der Waals surface area contributed by atoms with Crippen molar-refractivity contribution in [3.05, 3.63) is 101 Å². The van der Waals surface area contributed by atoms with Crippen molar-refractivity contribution in [3.63, 3.8) is 0 Å². The molecule has 2 amide bonds. The molecule has 1 aromatic heterocycles. The highest BCUT2D eigenvalue weighted by Crippen LogP contribution is 2.24. The molecule has 2 N–H and O–H groups in total. The SMILES string of the molecule is Cn1nc(-c2ccc(NC(=O)c3ccccc3)cc2)cc1NC(=O)c1cccc(Cl)c1. The summed E-state index contributed by atoms with van der Waals surface area (Å²) in [6.07, 6.45) is 0. The van der Waals surface area contributed by atoms with Crippen molar-refractivity contribution in [3.8, 4) is 11.3 Å². The van der Waals surface area contributed by atoms with Gasteiger partial charge in [0.05, 0.1) is 5.69 Å². The molecule has 4 rings (SSSR count). The minimum absolute atomic E-state index is 0.169. The lowest BCUT2D eigenvalue weighted by atomic mass is 10.1. The van der Waals surface area contributed by atoms with Gasteiger partial charge in [0.2, 0.25) is 0 Å². The van der Waals surface area contributed by atoms with Crippen molar-refractivity contribution in [1.82, 2.24) is 9.78 Å². The van der Waals surface area contributed by atoms with Crippen molar-refractivity contribution < 1.29 is 9.59 Å². The standard InChI is InChI=1S/C24H19ClN4O2/c1-29-22(27-24(31)18-8-5-9-19(25)14-18)15-21(28-29)16-10-12-20(13-11-16)26-23(30)17-6-3-2-4-7-17/h2-15H,1H3,(H,26,30)(H,27,31). The van der Waals surface area contributed by atoms with Crippen molar-refractivity contribution >= 4 is 34.9 Å². The molecule has 6 nitrogen and oxygen atoms in total. The molecule has 0 radical (unpaired) electrons. The first-order chi connectivity index (χ1) is 15.0. The fraction of sp³-hybridized carbons (Fsp3) is 0.0417. The third-order valence-electron chi connectivity index (χ3n) is 4.68. The summed E-state index contributed by atoms with van der Waals surface area (Å²) in [5, 5.41) is 10.7. The summed E-state index contributed by atoms with van der Waals surface area (Å²) < 4.78 is 1.60. The molecule has 0 unspecified atom stereocenters. The predicted octanol–water partition coefficient (Wildman–Crippen LogP) is 5.25. The van der Waals surface area contributed by atoms with Crippen LogP contribution in [0.2, 0.25) is 5.02 Å². The van der Waals surface area contributed by atoms with Gasteiger partial charge >= 0.3 is 0 Å². The molecule has 3 aromatic carbocycles. The highest BCUT2D eigenvalue weighted by molar-refractivity contribution is 6.31. The van der Waals surface area contributed by atoms with E-state index in [4.69, 9.17) is 11.6 Å². The summed E-state index contributed by atoms with van der Waals surface area (Å²) in [7, 11) is 1.76. The lowest BCUT2D eigenvalue weighted by Crippen LogP contribution is -2.14. The molecular weight excluding hydrogens is 412 g/mol. The van der Waals surface area contributed by atoms with Crippen LogP contribution in [0, 0.1) is 0 Å². The van der Waals surface area contributed by atoms with Crippen LogP contribution in [0.25, 0.3) is 11.3 Å². The largest absolute Gasteiger partial charge is 0.322 e. The molecule has 0 bridgehead atoms. The highest BCUT2D eigenvalue weighted by Gasteiger charge is 2.12.